The predicted octanol–water partition coefficient (Wildman–Crippen LogP) is 1.42. The van der Waals surface area contributed by atoms with E-state index < -0.39 is 0 Å². The Kier molecular flexibility index (Phi) is 7.00. The Morgan fingerprint density at radius 2 is 1.71 bits per heavy atom. The summed E-state index contributed by atoms with van der Waals surface area (Å²) >= 11 is 1.20. The van der Waals surface area contributed by atoms with Crippen LogP contribution in [0.5, 0.6) is 0 Å². The van der Waals surface area contributed by atoms with Crippen LogP contribution in [-0.2, 0) is 9.59 Å². The van der Waals surface area contributed by atoms with Crippen LogP contribution in [0, 0.1) is 11.6 Å². The third kappa shape index (κ3) is 5.77. The molecule has 1 saturated heterocycles. The van der Waals surface area contributed by atoms with Gasteiger partial charge < -0.3 is 15.1 Å². The van der Waals surface area contributed by atoms with E-state index in [-0.39, 0.29) is 29.2 Å². The van der Waals surface area contributed by atoms with Gasteiger partial charge in [0.15, 0.2) is 6.54 Å². The van der Waals surface area contributed by atoms with Crippen LogP contribution in [0.2, 0.25) is 0 Å². The summed E-state index contributed by atoms with van der Waals surface area (Å²) < 4.78 is 26.5. The highest BCUT2D eigenvalue weighted by molar-refractivity contribution is 8.00. The fourth-order valence-electron chi connectivity index (χ4n) is 3.01. The zero-order valence-electron chi connectivity index (χ0n) is 15.3. The topological polar surface area (TPSA) is 53.9 Å². The maximum atomic E-state index is 13.6. The number of anilines is 1. The third-order valence-corrected chi connectivity index (χ3v) is 5.58. The van der Waals surface area contributed by atoms with Gasteiger partial charge in [-0.15, -0.1) is 11.8 Å². The van der Waals surface area contributed by atoms with Crippen LogP contribution < -0.4 is 10.2 Å². The number of hydrogen-bond donors (Lipinski definition) is 2. The fourth-order valence-corrected chi connectivity index (χ4v) is 3.85. The van der Waals surface area contributed by atoms with Crippen LogP contribution in [0.3, 0.4) is 0 Å². The van der Waals surface area contributed by atoms with E-state index in [2.05, 4.69) is 5.32 Å². The highest BCUT2D eigenvalue weighted by Crippen LogP contribution is 2.21. The van der Waals surface area contributed by atoms with Gasteiger partial charge in [-0.2, -0.15) is 0 Å². The normalized spacial score (nSPS) is 14.7. The van der Waals surface area contributed by atoms with Crippen molar-refractivity contribution in [2.45, 2.75) is 4.90 Å². The number of halogens is 2. The van der Waals surface area contributed by atoms with Gasteiger partial charge in [0.25, 0.3) is 5.91 Å². The van der Waals surface area contributed by atoms with Gasteiger partial charge in [-0.3, -0.25) is 9.59 Å². The Morgan fingerprint density at radius 3 is 2.39 bits per heavy atom. The lowest BCUT2D eigenvalue weighted by molar-refractivity contribution is -0.895. The Hall–Kier alpha value is -2.45. The summed E-state index contributed by atoms with van der Waals surface area (Å²) in [5, 5.41) is 2.75. The third-order valence-electron chi connectivity index (χ3n) is 4.55. The van der Waals surface area contributed by atoms with Crippen molar-refractivity contribution in [2.75, 3.05) is 43.8 Å². The summed E-state index contributed by atoms with van der Waals surface area (Å²) in [6.07, 6.45) is 0. The molecule has 0 aliphatic carbocycles. The summed E-state index contributed by atoms with van der Waals surface area (Å²) in [7, 11) is 0. The molecule has 2 aromatic carbocycles. The molecule has 5 nitrogen and oxygen atoms in total. The quantitative estimate of drug-likeness (QED) is 0.714. The van der Waals surface area contributed by atoms with Crippen molar-refractivity contribution < 1.29 is 23.3 Å². The highest BCUT2D eigenvalue weighted by Gasteiger charge is 2.25. The average molecular weight is 406 g/mol. The number of carbonyl (C=O) groups excluding carboxylic acids is 2. The Bertz CT molecular complexity index is 824. The molecule has 1 heterocycles. The summed E-state index contributed by atoms with van der Waals surface area (Å²) in [6, 6.07) is 12.0. The molecule has 1 fully saturated rings. The Balaban J connectivity index is 1.40. The maximum absolute atomic E-state index is 13.6. The van der Waals surface area contributed by atoms with Crippen LogP contribution in [0.15, 0.2) is 53.4 Å². The van der Waals surface area contributed by atoms with Gasteiger partial charge in [0.05, 0.1) is 31.9 Å². The van der Waals surface area contributed by atoms with Gasteiger partial charge in [-0.05, 0) is 36.4 Å². The monoisotopic (exact) mass is 406 g/mol. The molecule has 0 saturated carbocycles. The summed E-state index contributed by atoms with van der Waals surface area (Å²) in [4.78, 5) is 27.8. The van der Waals surface area contributed by atoms with Crippen LogP contribution in [-0.4, -0.2) is 55.2 Å². The van der Waals surface area contributed by atoms with Crippen molar-refractivity contribution in [1.82, 2.24) is 4.90 Å². The van der Waals surface area contributed by atoms with E-state index in [0.29, 0.717) is 43.3 Å². The minimum atomic E-state index is -0.349. The van der Waals surface area contributed by atoms with Gasteiger partial charge in [0.2, 0.25) is 5.91 Å². The van der Waals surface area contributed by atoms with Crippen molar-refractivity contribution in [3.05, 3.63) is 60.2 Å². The second-order valence-corrected chi connectivity index (χ2v) is 7.60. The van der Waals surface area contributed by atoms with Crippen molar-refractivity contribution in [1.29, 1.82) is 0 Å². The van der Waals surface area contributed by atoms with E-state index in [0.717, 1.165) is 4.90 Å². The van der Waals surface area contributed by atoms with E-state index in [1.54, 1.807) is 23.1 Å². The number of benzene rings is 2. The number of hydrogen-bond acceptors (Lipinski definition) is 3. The minimum Gasteiger partial charge on any atom is -0.331 e. The molecule has 3 rings (SSSR count). The van der Waals surface area contributed by atoms with Crippen LogP contribution in [0.25, 0.3) is 0 Å². The van der Waals surface area contributed by atoms with Crippen LogP contribution in [0.1, 0.15) is 0 Å². The van der Waals surface area contributed by atoms with Gasteiger partial charge in [-0.25, -0.2) is 8.78 Å². The van der Waals surface area contributed by atoms with E-state index in [9.17, 15) is 18.4 Å². The molecule has 2 aromatic rings. The van der Waals surface area contributed by atoms with Gasteiger partial charge >= 0.3 is 0 Å². The first-order valence-electron chi connectivity index (χ1n) is 9.05. The second kappa shape index (κ2) is 9.66. The largest absolute Gasteiger partial charge is 0.331 e. The number of amides is 2. The minimum absolute atomic E-state index is 0.0249. The molecule has 28 heavy (non-hydrogen) atoms. The first kappa shape index (κ1) is 20.3. The van der Waals surface area contributed by atoms with Crippen molar-refractivity contribution in [3.63, 3.8) is 0 Å². The summed E-state index contributed by atoms with van der Waals surface area (Å²) in [5.74, 6) is -0.639. The number of nitrogens with one attached hydrogen (secondary N) is 2. The number of quaternary nitrogens is 1. The molecule has 1 aliphatic rings. The van der Waals surface area contributed by atoms with Crippen LogP contribution in [0.4, 0.5) is 14.5 Å². The number of thioether (sulfide) groups is 1. The zero-order valence-corrected chi connectivity index (χ0v) is 16.1. The Labute approximate surface area is 166 Å². The predicted molar refractivity (Wildman–Crippen MR) is 104 cm³/mol. The van der Waals surface area contributed by atoms with E-state index in [1.807, 2.05) is 0 Å². The van der Waals surface area contributed by atoms with E-state index in [1.165, 1.54) is 42.1 Å². The summed E-state index contributed by atoms with van der Waals surface area (Å²) in [5.41, 5.74) is 0.560. The first-order chi connectivity index (χ1) is 13.5. The highest BCUT2D eigenvalue weighted by atomic mass is 32.2. The molecule has 0 unspecified atom stereocenters. The van der Waals surface area contributed by atoms with Gasteiger partial charge in [0.1, 0.15) is 11.6 Å². The zero-order chi connectivity index (χ0) is 19.9. The Morgan fingerprint density at radius 1 is 1.04 bits per heavy atom. The smallest absolute Gasteiger partial charge is 0.279 e. The first-order valence-corrected chi connectivity index (χ1v) is 10.0. The molecule has 0 atom stereocenters. The standard InChI is InChI=1S/C20H21F2N3O2S/c21-15-5-7-16(8-6-15)23-19(26)13-24-9-11-25(12-10-24)20(27)14-28-18-4-2-1-3-17(18)22/h1-8H,9-14H2,(H,23,26)/p+1. The van der Waals surface area contributed by atoms with Crippen molar-refractivity contribution >= 4 is 29.3 Å². The molecule has 1 aliphatic heterocycles. The second-order valence-electron chi connectivity index (χ2n) is 6.58. The molecular weight excluding hydrogens is 384 g/mol. The van der Waals surface area contributed by atoms with Gasteiger partial charge in [0, 0.05) is 10.6 Å². The molecule has 0 radical (unpaired) electrons. The lowest BCUT2D eigenvalue weighted by atomic mass is 10.3. The molecule has 2 N–H and O–H groups in total. The average Bonchev–Trinajstić information content (AvgIpc) is 2.69. The number of piperazine rings is 1. The lowest BCUT2D eigenvalue weighted by Crippen LogP contribution is -3.15. The molecular formula is C20H22F2N3O2S+. The lowest BCUT2D eigenvalue weighted by Gasteiger charge is -2.31. The maximum Gasteiger partial charge on any atom is 0.279 e. The molecule has 8 heteroatoms. The van der Waals surface area contributed by atoms with Crippen molar-refractivity contribution in [3.8, 4) is 0 Å². The molecule has 0 spiro atoms. The van der Waals surface area contributed by atoms with Crippen molar-refractivity contribution in [2.24, 2.45) is 0 Å². The summed E-state index contributed by atoms with van der Waals surface area (Å²) in [6.45, 7) is 2.77. The fraction of sp³-hybridized carbons (Fsp3) is 0.300. The van der Waals surface area contributed by atoms with E-state index >= 15 is 0 Å². The SMILES string of the molecule is O=C(C[NH+]1CCN(C(=O)CSc2ccccc2F)CC1)Nc1ccc(F)cc1. The molecule has 2 amide bonds. The van der Waals surface area contributed by atoms with E-state index in [4.69, 9.17) is 0 Å². The number of rotatable bonds is 6. The molecule has 148 valence electrons. The molecule has 0 aromatic heterocycles. The number of carbonyl (C=O) groups is 2. The van der Waals surface area contributed by atoms with Gasteiger partial charge in [-0.1, -0.05) is 12.1 Å². The number of nitrogens with zero attached hydrogens (tertiary/aromatic N) is 1. The van der Waals surface area contributed by atoms with Crippen LogP contribution >= 0.6 is 11.8 Å². The molecule has 0 bridgehead atoms.